The zero-order valence-electron chi connectivity index (χ0n) is 13.5. The zero-order valence-corrected chi connectivity index (χ0v) is 13.5. The number of amides is 1. The van der Waals surface area contributed by atoms with Gasteiger partial charge in [0, 0.05) is 35.1 Å². The molecule has 0 atom stereocenters. The van der Waals surface area contributed by atoms with E-state index in [1.54, 1.807) is 12.0 Å². The minimum atomic E-state index is -0.471. The fourth-order valence-electron chi connectivity index (χ4n) is 2.80. The van der Waals surface area contributed by atoms with Crippen LogP contribution in [0.3, 0.4) is 0 Å². The number of rotatable bonds is 1. The van der Waals surface area contributed by atoms with Gasteiger partial charge in [-0.25, -0.2) is 4.79 Å². The monoisotopic (exact) mass is 302 g/mol. The van der Waals surface area contributed by atoms with Gasteiger partial charge in [0.05, 0.1) is 13.7 Å². The molecule has 0 unspecified atom stereocenters. The predicted octanol–water partition coefficient (Wildman–Crippen LogP) is 3.47. The number of carbonyl (C=O) groups is 1. The van der Waals surface area contributed by atoms with Gasteiger partial charge in [-0.15, -0.1) is 0 Å². The van der Waals surface area contributed by atoms with E-state index in [1.165, 1.54) is 5.69 Å². The molecule has 0 spiro atoms. The van der Waals surface area contributed by atoms with Gasteiger partial charge in [0.2, 0.25) is 0 Å². The van der Waals surface area contributed by atoms with Gasteiger partial charge in [0.1, 0.15) is 11.4 Å². The molecule has 0 aliphatic carbocycles. The predicted molar refractivity (Wildman–Crippen MR) is 85.2 cm³/mol. The Morgan fingerprint density at radius 3 is 2.77 bits per heavy atom. The van der Waals surface area contributed by atoms with E-state index in [1.807, 2.05) is 39.0 Å². The smallest absolute Gasteiger partial charge is 0.410 e. The second kappa shape index (κ2) is 5.23. The summed E-state index contributed by atoms with van der Waals surface area (Å²) in [5, 5.41) is 1.11. The molecule has 1 amide bonds. The summed E-state index contributed by atoms with van der Waals surface area (Å²) in [4.78, 5) is 17.5. The van der Waals surface area contributed by atoms with Crippen molar-refractivity contribution in [3.63, 3.8) is 0 Å². The highest BCUT2D eigenvalue weighted by atomic mass is 16.6. The summed E-state index contributed by atoms with van der Waals surface area (Å²) < 4.78 is 10.8. The van der Waals surface area contributed by atoms with Gasteiger partial charge in [-0.3, -0.25) is 0 Å². The van der Waals surface area contributed by atoms with Gasteiger partial charge in [-0.2, -0.15) is 0 Å². The molecule has 0 saturated heterocycles. The van der Waals surface area contributed by atoms with Crippen molar-refractivity contribution in [1.82, 2.24) is 9.88 Å². The average Bonchev–Trinajstić information content (AvgIpc) is 2.82. The quantitative estimate of drug-likeness (QED) is 0.877. The Bertz CT molecular complexity index is 712. The molecule has 0 radical (unpaired) electrons. The topological polar surface area (TPSA) is 54.6 Å². The summed E-state index contributed by atoms with van der Waals surface area (Å²) in [7, 11) is 1.66. The number of methoxy groups -OCH3 is 1. The van der Waals surface area contributed by atoms with Crippen LogP contribution in [0.15, 0.2) is 18.2 Å². The molecule has 118 valence electrons. The lowest BCUT2D eigenvalue weighted by Crippen LogP contribution is -2.39. The fourth-order valence-corrected chi connectivity index (χ4v) is 2.80. The van der Waals surface area contributed by atoms with E-state index in [-0.39, 0.29) is 6.09 Å². The van der Waals surface area contributed by atoms with Crippen molar-refractivity contribution in [3.8, 4) is 5.75 Å². The van der Waals surface area contributed by atoms with Gasteiger partial charge < -0.3 is 19.4 Å². The second-order valence-corrected chi connectivity index (χ2v) is 6.65. The molecule has 22 heavy (non-hydrogen) atoms. The summed E-state index contributed by atoms with van der Waals surface area (Å²) in [5.41, 5.74) is 2.96. The summed E-state index contributed by atoms with van der Waals surface area (Å²) in [6.07, 6.45) is 0.557. The number of nitrogens with one attached hydrogen (secondary N) is 1. The summed E-state index contributed by atoms with van der Waals surface area (Å²) in [5.74, 6) is 0.823. The van der Waals surface area contributed by atoms with Crippen LogP contribution in [0.2, 0.25) is 0 Å². The number of hydrogen-bond acceptors (Lipinski definition) is 3. The number of H-pyrrole nitrogens is 1. The van der Waals surface area contributed by atoms with Crippen LogP contribution in [0.5, 0.6) is 5.75 Å². The van der Waals surface area contributed by atoms with Crippen molar-refractivity contribution in [3.05, 3.63) is 29.5 Å². The molecule has 2 aromatic rings. The van der Waals surface area contributed by atoms with E-state index in [0.29, 0.717) is 13.1 Å². The van der Waals surface area contributed by atoms with Crippen molar-refractivity contribution in [1.29, 1.82) is 0 Å². The Hall–Kier alpha value is -2.17. The Labute approximate surface area is 130 Å². The van der Waals surface area contributed by atoms with Crippen molar-refractivity contribution in [2.45, 2.75) is 39.3 Å². The number of carbonyl (C=O) groups excluding carboxylic acids is 1. The number of aromatic amines is 1. The molecule has 0 saturated carbocycles. The lowest BCUT2D eigenvalue weighted by Gasteiger charge is -2.30. The van der Waals surface area contributed by atoms with Crippen molar-refractivity contribution in [2.24, 2.45) is 0 Å². The average molecular weight is 302 g/mol. The van der Waals surface area contributed by atoms with E-state index in [4.69, 9.17) is 9.47 Å². The molecule has 5 heteroatoms. The maximum absolute atomic E-state index is 12.3. The second-order valence-electron chi connectivity index (χ2n) is 6.65. The number of fused-ring (bicyclic) bond motifs is 3. The Balaban J connectivity index is 1.89. The minimum Gasteiger partial charge on any atom is -0.497 e. The highest BCUT2D eigenvalue weighted by Crippen LogP contribution is 2.30. The first-order valence-corrected chi connectivity index (χ1v) is 7.53. The van der Waals surface area contributed by atoms with Crippen LogP contribution in [-0.4, -0.2) is 35.2 Å². The Kier molecular flexibility index (Phi) is 3.51. The van der Waals surface area contributed by atoms with Crippen LogP contribution >= 0.6 is 0 Å². The molecule has 1 aromatic heterocycles. The highest BCUT2D eigenvalue weighted by molar-refractivity contribution is 5.86. The van der Waals surface area contributed by atoms with E-state index in [2.05, 4.69) is 4.98 Å². The van der Waals surface area contributed by atoms with Gasteiger partial charge in [-0.1, -0.05) is 0 Å². The maximum atomic E-state index is 12.3. The summed E-state index contributed by atoms with van der Waals surface area (Å²) in [6, 6.07) is 5.98. The van der Waals surface area contributed by atoms with Gasteiger partial charge in [0.15, 0.2) is 0 Å². The summed E-state index contributed by atoms with van der Waals surface area (Å²) in [6.45, 7) is 6.90. The first kappa shape index (κ1) is 14.8. The molecule has 1 aliphatic heterocycles. The molecule has 2 heterocycles. The zero-order chi connectivity index (χ0) is 15.9. The van der Waals surface area contributed by atoms with Gasteiger partial charge in [-0.05, 0) is 39.0 Å². The van der Waals surface area contributed by atoms with Crippen molar-refractivity contribution < 1.29 is 14.3 Å². The first-order chi connectivity index (χ1) is 10.4. The number of nitrogens with zero attached hydrogens (tertiary/aromatic N) is 1. The largest absolute Gasteiger partial charge is 0.497 e. The molecule has 0 bridgehead atoms. The highest BCUT2D eigenvalue weighted by Gasteiger charge is 2.27. The molecule has 0 fully saturated rings. The normalized spacial score (nSPS) is 14.8. The number of benzene rings is 1. The van der Waals surface area contributed by atoms with Crippen molar-refractivity contribution in [2.75, 3.05) is 13.7 Å². The van der Waals surface area contributed by atoms with Gasteiger partial charge >= 0.3 is 6.09 Å². The molecule has 5 nitrogen and oxygen atoms in total. The maximum Gasteiger partial charge on any atom is 0.410 e. The fraction of sp³-hybridized carbons (Fsp3) is 0.471. The van der Waals surface area contributed by atoms with E-state index < -0.39 is 5.60 Å². The SMILES string of the molecule is COc1ccc2[nH]c3c(c2c1)CN(C(=O)OC(C)(C)C)CC3. The molecule has 3 rings (SSSR count). The Morgan fingerprint density at radius 2 is 2.09 bits per heavy atom. The number of aromatic nitrogens is 1. The third kappa shape index (κ3) is 2.75. The molecular weight excluding hydrogens is 280 g/mol. The van der Waals surface area contributed by atoms with Gasteiger partial charge in [0.25, 0.3) is 0 Å². The van der Waals surface area contributed by atoms with Crippen molar-refractivity contribution >= 4 is 17.0 Å². The third-order valence-electron chi connectivity index (χ3n) is 3.83. The lowest BCUT2D eigenvalue weighted by atomic mass is 10.0. The molecule has 1 aromatic carbocycles. The molecule has 1 N–H and O–H groups in total. The standard InChI is InChI=1S/C17H22N2O3/c1-17(2,3)22-16(20)19-8-7-15-13(10-19)12-9-11(21-4)5-6-14(12)18-15/h5-6,9,18H,7-8,10H2,1-4H3. The lowest BCUT2D eigenvalue weighted by molar-refractivity contribution is 0.0224. The van der Waals surface area contributed by atoms with Crippen LogP contribution in [0.25, 0.3) is 10.9 Å². The van der Waals surface area contributed by atoms with E-state index in [9.17, 15) is 4.79 Å². The Morgan fingerprint density at radius 1 is 1.32 bits per heavy atom. The van der Waals surface area contributed by atoms with Crippen LogP contribution in [0.4, 0.5) is 4.79 Å². The van der Waals surface area contributed by atoms with E-state index in [0.717, 1.165) is 28.6 Å². The number of ether oxygens (including phenoxy) is 2. The molecule has 1 aliphatic rings. The first-order valence-electron chi connectivity index (χ1n) is 7.53. The number of hydrogen-bond donors (Lipinski definition) is 1. The third-order valence-corrected chi connectivity index (χ3v) is 3.83. The summed E-state index contributed by atoms with van der Waals surface area (Å²) >= 11 is 0. The van der Waals surface area contributed by atoms with E-state index >= 15 is 0 Å². The van der Waals surface area contributed by atoms with Crippen LogP contribution in [0, 0.1) is 0 Å². The van der Waals surface area contributed by atoms with Crippen LogP contribution < -0.4 is 4.74 Å². The minimum absolute atomic E-state index is 0.254. The van der Waals surface area contributed by atoms with Crippen LogP contribution in [0.1, 0.15) is 32.0 Å². The van der Waals surface area contributed by atoms with Crippen LogP contribution in [-0.2, 0) is 17.7 Å². The molecular formula is C17H22N2O3.